The summed E-state index contributed by atoms with van der Waals surface area (Å²) in [6, 6.07) is 2.58. The van der Waals surface area contributed by atoms with Crippen LogP contribution in [0.2, 0.25) is 0 Å². The molecular weight excluding hydrogens is 174 g/mol. The second-order valence-electron chi connectivity index (χ2n) is 3.83. The Morgan fingerprint density at radius 3 is 2.71 bits per heavy atom. The molecule has 1 aromatic rings. The van der Waals surface area contributed by atoms with Crippen LogP contribution in [0.25, 0.3) is 0 Å². The molecule has 1 heterocycles. The summed E-state index contributed by atoms with van der Waals surface area (Å²) in [5.74, 6) is 0.996. The predicted molar refractivity (Wildman–Crippen MR) is 59.4 cm³/mol. The van der Waals surface area contributed by atoms with Crippen LogP contribution in [-0.2, 0) is 0 Å². The monoisotopic (exact) mass is 195 g/mol. The first-order chi connectivity index (χ1) is 6.77. The second-order valence-corrected chi connectivity index (χ2v) is 3.83. The molecule has 0 radical (unpaired) electrons. The van der Waals surface area contributed by atoms with E-state index in [0.29, 0.717) is 6.04 Å². The highest BCUT2D eigenvalue weighted by Crippen LogP contribution is 2.21. The van der Waals surface area contributed by atoms with Crippen molar-refractivity contribution in [2.75, 3.05) is 7.05 Å². The Morgan fingerprint density at radius 1 is 1.43 bits per heavy atom. The summed E-state index contributed by atoms with van der Waals surface area (Å²) >= 11 is 0. The average Bonchev–Trinajstić information content (AvgIpc) is 2.60. The molecule has 0 aliphatic heterocycles. The first-order valence-corrected chi connectivity index (χ1v) is 5.50. The van der Waals surface area contributed by atoms with Gasteiger partial charge in [-0.15, -0.1) is 0 Å². The Bertz CT molecular complexity index is 255. The summed E-state index contributed by atoms with van der Waals surface area (Å²) in [6.07, 6.45) is 6.94. The molecule has 14 heavy (non-hydrogen) atoms. The van der Waals surface area contributed by atoms with Crippen molar-refractivity contribution in [1.82, 2.24) is 5.32 Å². The zero-order chi connectivity index (χ0) is 10.4. The minimum atomic E-state index is 0.457. The summed E-state index contributed by atoms with van der Waals surface area (Å²) in [5, 5.41) is 3.33. The Hall–Kier alpha value is -0.760. The molecule has 2 nitrogen and oxygen atoms in total. The van der Waals surface area contributed by atoms with E-state index in [1.165, 1.54) is 31.2 Å². The van der Waals surface area contributed by atoms with E-state index in [9.17, 15) is 0 Å². The van der Waals surface area contributed by atoms with Gasteiger partial charge in [-0.2, -0.15) is 0 Å². The van der Waals surface area contributed by atoms with Crippen LogP contribution in [0.15, 0.2) is 16.7 Å². The minimum absolute atomic E-state index is 0.457. The number of nitrogens with one attached hydrogen (secondary N) is 1. The molecule has 0 spiro atoms. The van der Waals surface area contributed by atoms with Crippen LogP contribution in [0.3, 0.4) is 0 Å². The van der Waals surface area contributed by atoms with Crippen LogP contribution in [0.1, 0.15) is 50.0 Å². The van der Waals surface area contributed by atoms with Crippen molar-refractivity contribution in [2.45, 2.75) is 45.6 Å². The maximum Gasteiger partial charge on any atom is 0.101 e. The first-order valence-electron chi connectivity index (χ1n) is 5.50. The lowest BCUT2D eigenvalue weighted by Crippen LogP contribution is -2.15. The van der Waals surface area contributed by atoms with Gasteiger partial charge in [-0.25, -0.2) is 0 Å². The largest absolute Gasteiger partial charge is 0.469 e. The van der Waals surface area contributed by atoms with Gasteiger partial charge in [-0.3, -0.25) is 0 Å². The molecular formula is C12H21NO. The fraction of sp³-hybridized carbons (Fsp3) is 0.667. The molecule has 0 fully saturated rings. The van der Waals surface area contributed by atoms with E-state index in [-0.39, 0.29) is 0 Å². The smallest absolute Gasteiger partial charge is 0.101 e. The number of hydrogen-bond acceptors (Lipinski definition) is 2. The predicted octanol–water partition coefficient (Wildman–Crippen LogP) is 3.43. The number of rotatable bonds is 6. The van der Waals surface area contributed by atoms with Gasteiger partial charge < -0.3 is 9.73 Å². The zero-order valence-electron chi connectivity index (χ0n) is 9.47. The number of aryl methyl sites for hydroxylation is 1. The van der Waals surface area contributed by atoms with E-state index < -0.39 is 0 Å². The van der Waals surface area contributed by atoms with Gasteiger partial charge in [0.2, 0.25) is 0 Å². The number of hydrogen-bond donors (Lipinski definition) is 1. The molecule has 1 aromatic heterocycles. The van der Waals surface area contributed by atoms with Gasteiger partial charge in [0.25, 0.3) is 0 Å². The summed E-state index contributed by atoms with van der Waals surface area (Å²) in [7, 11) is 2.01. The van der Waals surface area contributed by atoms with Crippen molar-refractivity contribution >= 4 is 0 Å². The Kier molecular flexibility index (Phi) is 4.74. The van der Waals surface area contributed by atoms with Crippen molar-refractivity contribution in [3.8, 4) is 0 Å². The lowest BCUT2D eigenvalue weighted by Gasteiger charge is -2.13. The maximum atomic E-state index is 5.31. The van der Waals surface area contributed by atoms with Crippen molar-refractivity contribution in [3.05, 3.63) is 23.7 Å². The highest BCUT2D eigenvalue weighted by atomic mass is 16.3. The van der Waals surface area contributed by atoms with E-state index in [1.807, 2.05) is 20.2 Å². The number of unbranched alkanes of at least 4 members (excludes halogenated alkanes) is 2. The normalized spacial score (nSPS) is 13.1. The van der Waals surface area contributed by atoms with E-state index in [0.717, 1.165) is 5.76 Å². The van der Waals surface area contributed by atoms with Crippen LogP contribution >= 0.6 is 0 Å². The van der Waals surface area contributed by atoms with Crippen LogP contribution in [0.5, 0.6) is 0 Å². The Morgan fingerprint density at radius 2 is 2.21 bits per heavy atom. The fourth-order valence-electron chi connectivity index (χ4n) is 1.72. The molecule has 0 saturated carbocycles. The maximum absolute atomic E-state index is 5.31. The molecule has 2 heteroatoms. The van der Waals surface area contributed by atoms with E-state index in [1.54, 1.807) is 0 Å². The highest BCUT2D eigenvalue weighted by molar-refractivity contribution is 5.16. The first kappa shape index (κ1) is 11.3. The molecule has 0 aliphatic carbocycles. The summed E-state index contributed by atoms with van der Waals surface area (Å²) in [6.45, 7) is 4.22. The summed E-state index contributed by atoms with van der Waals surface area (Å²) in [5.41, 5.74) is 1.28. The van der Waals surface area contributed by atoms with Gasteiger partial charge in [-0.1, -0.05) is 26.2 Å². The van der Waals surface area contributed by atoms with Crippen molar-refractivity contribution < 1.29 is 4.42 Å². The molecule has 1 rings (SSSR count). The van der Waals surface area contributed by atoms with Gasteiger partial charge in [0, 0.05) is 11.6 Å². The van der Waals surface area contributed by atoms with Gasteiger partial charge in [-0.05, 0) is 26.5 Å². The summed E-state index contributed by atoms with van der Waals surface area (Å²) < 4.78 is 5.31. The van der Waals surface area contributed by atoms with Gasteiger partial charge >= 0.3 is 0 Å². The molecule has 0 amide bonds. The van der Waals surface area contributed by atoms with Crippen molar-refractivity contribution in [1.29, 1.82) is 0 Å². The Balaban J connectivity index is 2.45. The second kappa shape index (κ2) is 5.86. The van der Waals surface area contributed by atoms with Crippen LogP contribution in [0.4, 0.5) is 0 Å². The molecule has 1 N–H and O–H groups in total. The topological polar surface area (TPSA) is 25.2 Å². The molecule has 0 aliphatic rings. The van der Waals surface area contributed by atoms with Crippen LogP contribution in [0, 0.1) is 6.92 Å². The molecule has 1 unspecified atom stereocenters. The van der Waals surface area contributed by atoms with Gasteiger partial charge in [0.05, 0.1) is 6.26 Å². The van der Waals surface area contributed by atoms with Gasteiger partial charge in [0.1, 0.15) is 5.76 Å². The highest BCUT2D eigenvalue weighted by Gasteiger charge is 2.10. The lowest BCUT2D eigenvalue weighted by molar-refractivity contribution is 0.494. The minimum Gasteiger partial charge on any atom is -0.469 e. The van der Waals surface area contributed by atoms with Crippen LogP contribution in [-0.4, -0.2) is 7.05 Å². The van der Waals surface area contributed by atoms with E-state index in [4.69, 9.17) is 4.42 Å². The molecule has 80 valence electrons. The standard InChI is InChI=1S/C12H21NO/c1-4-5-6-7-12(13-3)11-8-10(2)14-9-11/h8-9,12-13H,4-7H2,1-3H3. The third-order valence-corrected chi connectivity index (χ3v) is 2.60. The molecule has 0 bridgehead atoms. The third kappa shape index (κ3) is 3.18. The average molecular weight is 195 g/mol. The summed E-state index contributed by atoms with van der Waals surface area (Å²) in [4.78, 5) is 0. The molecule has 0 aromatic carbocycles. The number of furan rings is 1. The van der Waals surface area contributed by atoms with Crippen LogP contribution < -0.4 is 5.32 Å². The molecule has 1 atom stereocenters. The lowest BCUT2D eigenvalue weighted by atomic mass is 10.0. The van der Waals surface area contributed by atoms with Crippen molar-refractivity contribution in [2.24, 2.45) is 0 Å². The quantitative estimate of drug-likeness (QED) is 0.703. The van der Waals surface area contributed by atoms with Crippen molar-refractivity contribution in [3.63, 3.8) is 0 Å². The zero-order valence-corrected chi connectivity index (χ0v) is 9.47. The van der Waals surface area contributed by atoms with E-state index >= 15 is 0 Å². The fourth-order valence-corrected chi connectivity index (χ4v) is 1.72. The Labute approximate surface area is 86.7 Å². The third-order valence-electron chi connectivity index (χ3n) is 2.60. The SMILES string of the molecule is CCCCCC(NC)c1coc(C)c1. The van der Waals surface area contributed by atoms with E-state index in [2.05, 4.69) is 18.3 Å². The van der Waals surface area contributed by atoms with Gasteiger partial charge in [0.15, 0.2) is 0 Å². The molecule has 0 saturated heterocycles.